The molecule has 0 aliphatic carbocycles. The van der Waals surface area contributed by atoms with Gasteiger partial charge in [-0.3, -0.25) is 24.0 Å². The molecule has 0 rings (SSSR count). The van der Waals surface area contributed by atoms with E-state index < -0.39 is 0 Å². The van der Waals surface area contributed by atoms with E-state index in [9.17, 15) is 28.8 Å². The molecule has 0 N–H and O–H groups in total. The van der Waals surface area contributed by atoms with Crippen molar-refractivity contribution < 1.29 is 52.5 Å². The quantitative estimate of drug-likeness (QED) is 0.0360. The number of hydrogen-bond donors (Lipinski definition) is 0. The molecule has 0 heterocycles. The van der Waals surface area contributed by atoms with Crippen LogP contribution in [0.5, 0.6) is 0 Å². The molecule has 0 aliphatic rings. The maximum absolute atomic E-state index is 11.1. The minimum atomic E-state index is -0.0966. The highest BCUT2D eigenvalue weighted by Crippen LogP contribution is 2.10. The van der Waals surface area contributed by atoms with Crippen molar-refractivity contribution in [1.29, 1.82) is 0 Å². The van der Waals surface area contributed by atoms with Crippen molar-refractivity contribution in [2.75, 3.05) is 33.5 Å². The molecule has 67 heavy (non-hydrogen) atoms. The molecule has 0 atom stereocenters. The summed E-state index contributed by atoms with van der Waals surface area (Å²) in [7, 11) is 1.43. The highest BCUT2D eigenvalue weighted by Gasteiger charge is 2.06. The van der Waals surface area contributed by atoms with Gasteiger partial charge in [-0.05, 0) is 107 Å². The first-order chi connectivity index (χ1) is 31.4. The van der Waals surface area contributed by atoms with E-state index in [1.807, 2.05) is 13.8 Å². The third-order valence-corrected chi connectivity index (χ3v) is 9.41. The Bertz CT molecular complexity index is 1100. The summed E-state index contributed by atoms with van der Waals surface area (Å²) in [5, 5.41) is 0. The Morgan fingerprint density at radius 1 is 0.328 bits per heavy atom. The van der Waals surface area contributed by atoms with Gasteiger partial charge in [0.2, 0.25) is 0 Å². The largest absolute Gasteiger partial charge is 0.469 e. The zero-order valence-electron chi connectivity index (χ0n) is 47.3. The van der Waals surface area contributed by atoms with E-state index in [0.29, 0.717) is 93.9 Å². The Labute approximate surface area is 414 Å². The average molecular weight is 962 g/mol. The minimum absolute atomic E-state index is 0.0332. The molecule has 0 radical (unpaired) electrons. The predicted octanol–water partition coefficient (Wildman–Crippen LogP) is 15.5. The second-order valence-electron chi connectivity index (χ2n) is 19.8. The molecule has 402 valence electrons. The van der Waals surface area contributed by atoms with Gasteiger partial charge in [-0.1, -0.05) is 149 Å². The SMILES string of the molecule is CC(=O)CCCC(C)C.CCCCOC(=O)CCC(C)C.CCCCOC(=O)CCCC(C)C.CCCOC(=O)CCCC(C)C.CCOC(=O)CCCC(C)C.COC(=O)CCCC(C)C. The van der Waals surface area contributed by atoms with Gasteiger partial charge in [0.25, 0.3) is 0 Å². The molecule has 0 spiro atoms. The number of hydrogen-bond acceptors (Lipinski definition) is 11. The number of rotatable bonds is 32. The standard InChI is InChI=1S/C11H22O2.2C10H20O2.C9H18O2.C8H16O2.C8H16O/c1-4-5-9-13-11(12)8-6-7-10(2)3;1-4-8-12-10(11)7-5-6-9(2)3;1-4-5-8-12-10(11)7-6-9(2)3;1-4-11-9(10)7-5-6-8(2)3;1-7(2)5-4-6-8(9)10-3;1-7(2)5-4-6-8(3)9/h10H,4-9H2,1-3H3;2*9H,4-8H2,1-3H3;8H,4-7H2,1-3H3;7H,4-6H2,1-3H3;7H,4-6H2,1-3H3. The van der Waals surface area contributed by atoms with E-state index in [0.717, 1.165) is 109 Å². The van der Waals surface area contributed by atoms with E-state index >= 15 is 0 Å². The number of unbranched alkanes of at least 4 members (excludes halogenated alkanes) is 2. The summed E-state index contributed by atoms with van der Waals surface area (Å²) in [6, 6.07) is 0. The summed E-state index contributed by atoms with van der Waals surface area (Å²) in [5.74, 6) is 4.10. The summed E-state index contributed by atoms with van der Waals surface area (Å²) in [4.78, 5) is 64.8. The molecule has 0 unspecified atom stereocenters. The number of methoxy groups -OCH3 is 1. The second kappa shape index (κ2) is 59.1. The van der Waals surface area contributed by atoms with Crippen molar-refractivity contribution in [3.8, 4) is 0 Å². The molecule has 0 saturated carbocycles. The summed E-state index contributed by atoms with van der Waals surface area (Å²) in [5.41, 5.74) is 0. The van der Waals surface area contributed by atoms with Crippen LogP contribution in [0.1, 0.15) is 259 Å². The Morgan fingerprint density at radius 2 is 0.612 bits per heavy atom. The zero-order valence-corrected chi connectivity index (χ0v) is 47.3. The average Bonchev–Trinajstić information content (AvgIpc) is 3.23. The number of Topliss-reactive ketones (excluding diaryl/α,β-unsaturated/α-hetero) is 1. The molecular formula is C56H112O11. The predicted molar refractivity (Wildman–Crippen MR) is 280 cm³/mol. The van der Waals surface area contributed by atoms with Gasteiger partial charge >= 0.3 is 29.8 Å². The lowest BCUT2D eigenvalue weighted by atomic mass is 10.1. The van der Waals surface area contributed by atoms with E-state index in [-0.39, 0.29) is 29.8 Å². The van der Waals surface area contributed by atoms with Crippen LogP contribution in [0.25, 0.3) is 0 Å². The molecule has 0 amide bonds. The van der Waals surface area contributed by atoms with Gasteiger partial charge in [0.15, 0.2) is 0 Å². The smallest absolute Gasteiger partial charge is 0.305 e. The number of ketones is 1. The first kappa shape index (κ1) is 75.5. The lowest BCUT2D eigenvalue weighted by molar-refractivity contribution is -0.144. The molecule has 0 bridgehead atoms. The summed E-state index contributed by atoms with van der Waals surface area (Å²) < 4.78 is 24.2. The normalized spacial score (nSPS) is 10.3. The van der Waals surface area contributed by atoms with Gasteiger partial charge in [-0.2, -0.15) is 0 Å². The van der Waals surface area contributed by atoms with Gasteiger partial charge in [-0.15, -0.1) is 0 Å². The highest BCUT2D eigenvalue weighted by molar-refractivity contribution is 5.75. The maximum Gasteiger partial charge on any atom is 0.305 e. The van der Waals surface area contributed by atoms with E-state index in [2.05, 4.69) is 102 Å². The Morgan fingerprint density at radius 3 is 0.881 bits per heavy atom. The molecule has 0 aromatic heterocycles. The monoisotopic (exact) mass is 961 g/mol. The van der Waals surface area contributed by atoms with Gasteiger partial charge in [-0.25, -0.2) is 0 Å². The van der Waals surface area contributed by atoms with Crippen LogP contribution in [0.3, 0.4) is 0 Å². The first-order valence-electron chi connectivity index (χ1n) is 26.6. The van der Waals surface area contributed by atoms with Gasteiger partial charge in [0.05, 0.1) is 33.5 Å². The van der Waals surface area contributed by atoms with Crippen LogP contribution in [0.15, 0.2) is 0 Å². The van der Waals surface area contributed by atoms with Crippen molar-refractivity contribution in [3.63, 3.8) is 0 Å². The van der Waals surface area contributed by atoms with Crippen LogP contribution in [0.4, 0.5) is 0 Å². The van der Waals surface area contributed by atoms with Crippen LogP contribution < -0.4 is 0 Å². The Kier molecular flexibility index (Phi) is 66.7. The summed E-state index contributed by atoms with van der Waals surface area (Å²) in [6.45, 7) is 37.8. The fourth-order valence-corrected chi connectivity index (χ4v) is 5.21. The zero-order chi connectivity index (χ0) is 52.8. The van der Waals surface area contributed by atoms with Crippen molar-refractivity contribution in [2.45, 2.75) is 259 Å². The van der Waals surface area contributed by atoms with Crippen molar-refractivity contribution >= 4 is 35.6 Å². The van der Waals surface area contributed by atoms with Gasteiger partial charge < -0.3 is 28.5 Å². The second-order valence-corrected chi connectivity index (χ2v) is 19.8. The van der Waals surface area contributed by atoms with Crippen LogP contribution in [0, 0.1) is 35.5 Å². The van der Waals surface area contributed by atoms with Crippen LogP contribution >= 0.6 is 0 Å². The van der Waals surface area contributed by atoms with Crippen molar-refractivity contribution in [2.24, 2.45) is 35.5 Å². The molecule has 0 saturated heterocycles. The van der Waals surface area contributed by atoms with Crippen molar-refractivity contribution in [3.05, 3.63) is 0 Å². The lowest BCUT2D eigenvalue weighted by Crippen LogP contribution is -2.06. The van der Waals surface area contributed by atoms with E-state index in [1.54, 1.807) is 6.92 Å². The van der Waals surface area contributed by atoms with E-state index in [4.69, 9.17) is 18.9 Å². The lowest BCUT2D eigenvalue weighted by Gasteiger charge is -2.05. The summed E-state index contributed by atoms with van der Waals surface area (Å²) in [6.07, 6.45) is 20.1. The molecule has 0 fully saturated rings. The Hall–Kier alpha value is -2.98. The van der Waals surface area contributed by atoms with Gasteiger partial charge in [0.1, 0.15) is 5.78 Å². The van der Waals surface area contributed by atoms with Crippen LogP contribution in [-0.2, 0) is 52.5 Å². The molecular weight excluding hydrogens is 849 g/mol. The number of carbonyl (C=O) groups excluding carboxylic acids is 6. The van der Waals surface area contributed by atoms with Crippen molar-refractivity contribution in [1.82, 2.24) is 0 Å². The molecule has 11 nitrogen and oxygen atoms in total. The third-order valence-electron chi connectivity index (χ3n) is 9.41. The van der Waals surface area contributed by atoms with Crippen LogP contribution in [0.2, 0.25) is 0 Å². The van der Waals surface area contributed by atoms with Crippen LogP contribution in [-0.4, -0.2) is 69.2 Å². The molecule has 11 heteroatoms. The third kappa shape index (κ3) is 90.1. The number of esters is 5. The molecule has 0 aliphatic heterocycles. The summed E-state index contributed by atoms with van der Waals surface area (Å²) >= 11 is 0. The fourth-order valence-electron chi connectivity index (χ4n) is 5.21. The molecule has 0 aromatic rings. The van der Waals surface area contributed by atoms with Gasteiger partial charge in [0, 0.05) is 38.5 Å². The maximum atomic E-state index is 11.1. The highest BCUT2D eigenvalue weighted by atomic mass is 16.5. The van der Waals surface area contributed by atoms with E-state index in [1.165, 1.54) is 13.5 Å². The first-order valence-corrected chi connectivity index (χ1v) is 26.6. The number of carbonyl (C=O) groups is 6. The Balaban J connectivity index is -0.000000167. The minimum Gasteiger partial charge on any atom is -0.469 e. The molecule has 0 aromatic carbocycles. The fraction of sp³-hybridized carbons (Fsp3) is 0.893. The number of ether oxygens (including phenoxy) is 5. The topological polar surface area (TPSA) is 149 Å².